The molecule has 4 atom stereocenters. The fraction of sp³-hybridized carbons (Fsp3) is 0.273. The zero-order valence-electron chi connectivity index (χ0n) is 15.7. The maximum atomic E-state index is 12.8. The smallest absolute Gasteiger partial charge is 0.337 e. The largest absolute Gasteiger partial charge is 0.478 e. The van der Waals surface area contributed by atoms with Crippen LogP contribution in [-0.4, -0.2) is 34.1 Å². The standard InChI is InChI=1S/C22H17ClN2O5/c23-16-7-5-13(9-15(16)22(28)29)17-8-6-14(30-17)10-24-25-20(26)18-11-1-2-12(4-3-11)19(18)21(25)27/h1-2,5-12,18-19H,3-4H2,(H,28,29)/b24-10-/t11-,12+,18-,19-/m0/s1. The number of fused-ring (bicyclic) bond motifs is 1. The van der Waals surface area contributed by atoms with Gasteiger partial charge in [0, 0.05) is 5.56 Å². The van der Waals surface area contributed by atoms with Crippen LogP contribution >= 0.6 is 11.6 Å². The van der Waals surface area contributed by atoms with Crippen molar-refractivity contribution in [3.05, 3.63) is 58.8 Å². The van der Waals surface area contributed by atoms with Crippen molar-refractivity contribution in [3.8, 4) is 11.3 Å². The molecule has 1 aliphatic heterocycles. The normalized spacial score (nSPS) is 27.3. The van der Waals surface area contributed by atoms with E-state index in [1.54, 1.807) is 18.2 Å². The van der Waals surface area contributed by atoms with Crippen molar-refractivity contribution in [3.63, 3.8) is 0 Å². The molecule has 4 aliphatic rings. The average Bonchev–Trinajstić information content (AvgIpc) is 3.32. The van der Waals surface area contributed by atoms with Crippen LogP contribution in [0.25, 0.3) is 11.3 Å². The highest BCUT2D eigenvalue weighted by Crippen LogP contribution is 2.49. The molecule has 1 saturated heterocycles. The lowest BCUT2D eigenvalue weighted by atomic mass is 9.63. The van der Waals surface area contributed by atoms with Gasteiger partial charge in [-0.15, -0.1) is 0 Å². The molecule has 8 heteroatoms. The molecule has 0 spiro atoms. The Kier molecular flexibility index (Phi) is 4.36. The number of carbonyl (C=O) groups is 3. The van der Waals surface area contributed by atoms with Crippen LogP contribution in [0, 0.1) is 23.7 Å². The molecule has 3 aliphatic carbocycles. The van der Waals surface area contributed by atoms with Crippen molar-refractivity contribution in [2.75, 3.05) is 0 Å². The van der Waals surface area contributed by atoms with Crippen LogP contribution in [0.15, 0.2) is 52.0 Å². The highest BCUT2D eigenvalue weighted by Gasteiger charge is 2.56. The number of carboxylic acid groups (broad SMARTS) is 1. The van der Waals surface area contributed by atoms with Gasteiger partial charge in [0.05, 0.1) is 28.6 Å². The second-order valence-corrected chi connectivity index (χ2v) is 8.18. The van der Waals surface area contributed by atoms with Crippen LogP contribution in [0.4, 0.5) is 0 Å². The molecule has 1 aromatic heterocycles. The van der Waals surface area contributed by atoms with Gasteiger partial charge in [-0.3, -0.25) is 9.59 Å². The third-order valence-electron chi connectivity index (χ3n) is 6.14. The Morgan fingerprint density at radius 3 is 2.37 bits per heavy atom. The van der Waals surface area contributed by atoms with Crippen molar-refractivity contribution in [1.82, 2.24) is 5.01 Å². The van der Waals surface area contributed by atoms with Gasteiger partial charge in [-0.05, 0) is 55.0 Å². The number of halogens is 1. The fourth-order valence-electron chi connectivity index (χ4n) is 4.71. The highest BCUT2D eigenvalue weighted by atomic mass is 35.5. The molecule has 2 bridgehead atoms. The number of carbonyl (C=O) groups excluding carboxylic acids is 2. The lowest BCUT2D eigenvalue weighted by Crippen LogP contribution is -2.38. The molecular weight excluding hydrogens is 408 g/mol. The number of nitrogens with zero attached hydrogens (tertiary/aromatic N) is 2. The first-order chi connectivity index (χ1) is 14.4. The van der Waals surface area contributed by atoms with E-state index in [2.05, 4.69) is 17.3 Å². The molecule has 1 aromatic carbocycles. The minimum atomic E-state index is -1.13. The molecule has 6 rings (SSSR count). The number of imide groups is 1. The van der Waals surface area contributed by atoms with E-state index in [-0.39, 0.29) is 46.1 Å². The maximum absolute atomic E-state index is 12.8. The first-order valence-electron chi connectivity index (χ1n) is 9.67. The maximum Gasteiger partial charge on any atom is 0.337 e. The molecule has 2 heterocycles. The summed E-state index contributed by atoms with van der Waals surface area (Å²) in [6.07, 6.45) is 7.31. The second-order valence-electron chi connectivity index (χ2n) is 7.78. The SMILES string of the molecule is O=C(O)c1cc(-c2ccc(/C=N\N3C(=O)[C@@H]4[C@@H](C3=O)[C@H]3C=C[C@@H]4CC3)o2)ccc1Cl. The Hall–Kier alpha value is -3.19. The number of hydrogen-bond donors (Lipinski definition) is 1. The second kappa shape index (κ2) is 6.95. The van der Waals surface area contributed by atoms with E-state index < -0.39 is 5.97 Å². The predicted octanol–water partition coefficient (Wildman–Crippen LogP) is 3.83. The number of hydrazone groups is 1. The molecule has 0 radical (unpaired) electrons. The van der Waals surface area contributed by atoms with E-state index in [1.807, 2.05) is 0 Å². The van der Waals surface area contributed by atoms with Crippen molar-refractivity contribution >= 4 is 35.6 Å². The Morgan fingerprint density at radius 1 is 1.10 bits per heavy atom. The summed E-state index contributed by atoms with van der Waals surface area (Å²) in [4.78, 5) is 36.8. The van der Waals surface area contributed by atoms with E-state index in [0.717, 1.165) is 17.9 Å². The summed E-state index contributed by atoms with van der Waals surface area (Å²) >= 11 is 5.90. The number of amides is 2. The van der Waals surface area contributed by atoms with E-state index in [9.17, 15) is 19.5 Å². The number of furan rings is 1. The summed E-state index contributed by atoms with van der Waals surface area (Å²) in [7, 11) is 0. The van der Waals surface area contributed by atoms with Crippen LogP contribution in [0.1, 0.15) is 29.0 Å². The van der Waals surface area contributed by atoms with E-state index in [1.165, 1.54) is 18.3 Å². The quantitative estimate of drug-likeness (QED) is 0.456. The Bertz CT molecular complexity index is 1100. The molecule has 2 aromatic rings. The fourth-order valence-corrected chi connectivity index (χ4v) is 4.91. The minimum Gasteiger partial charge on any atom is -0.478 e. The molecule has 2 amide bonds. The zero-order chi connectivity index (χ0) is 21.0. The van der Waals surface area contributed by atoms with Gasteiger partial charge in [0.15, 0.2) is 0 Å². The van der Waals surface area contributed by atoms with Gasteiger partial charge < -0.3 is 9.52 Å². The summed E-state index contributed by atoms with van der Waals surface area (Å²) in [5, 5.41) is 14.4. The van der Waals surface area contributed by atoms with Crippen LogP contribution in [0.5, 0.6) is 0 Å². The molecule has 1 saturated carbocycles. The van der Waals surface area contributed by atoms with Gasteiger partial charge >= 0.3 is 5.97 Å². The first-order valence-corrected chi connectivity index (χ1v) is 10.0. The van der Waals surface area contributed by atoms with Crippen LogP contribution in [0.3, 0.4) is 0 Å². The number of rotatable bonds is 4. The van der Waals surface area contributed by atoms with Gasteiger partial charge in [0.25, 0.3) is 11.8 Å². The molecule has 7 nitrogen and oxygen atoms in total. The molecule has 152 valence electrons. The van der Waals surface area contributed by atoms with Crippen LogP contribution in [0.2, 0.25) is 5.02 Å². The Labute approximate surface area is 176 Å². The molecule has 30 heavy (non-hydrogen) atoms. The topological polar surface area (TPSA) is 100 Å². The van der Waals surface area contributed by atoms with E-state index in [4.69, 9.17) is 16.0 Å². The summed E-state index contributed by atoms with van der Waals surface area (Å²) < 4.78 is 5.70. The van der Waals surface area contributed by atoms with E-state index in [0.29, 0.717) is 17.1 Å². The number of aromatic carboxylic acids is 1. The van der Waals surface area contributed by atoms with Crippen LogP contribution in [-0.2, 0) is 9.59 Å². The summed E-state index contributed by atoms with van der Waals surface area (Å²) in [5.41, 5.74) is 0.512. The van der Waals surface area contributed by atoms with Crippen molar-refractivity contribution in [1.29, 1.82) is 0 Å². The van der Waals surface area contributed by atoms with Crippen molar-refractivity contribution in [2.24, 2.45) is 28.8 Å². The van der Waals surface area contributed by atoms with Gasteiger partial charge in [0.1, 0.15) is 11.5 Å². The molecular formula is C22H17ClN2O5. The van der Waals surface area contributed by atoms with Crippen LogP contribution < -0.4 is 0 Å². The van der Waals surface area contributed by atoms with Crippen molar-refractivity contribution < 1.29 is 23.9 Å². The molecule has 0 unspecified atom stereocenters. The monoisotopic (exact) mass is 424 g/mol. The first kappa shape index (κ1) is 18.8. The van der Waals surface area contributed by atoms with Crippen molar-refractivity contribution in [2.45, 2.75) is 12.8 Å². The lowest BCUT2D eigenvalue weighted by Gasteiger charge is -2.37. The predicted molar refractivity (Wildman–Crippen MR) is 108 cm³/mol. The number of carboxylic acids is 1. The third kappa shape index (κ3) is 2.89. The lowest BCUT2D eigenvalue weighted by molar-refractivity contribution is -0.140. The number of allylic oxidation sites excluding steroid dienone is 2. The van der Waals surface area contributed by atoms with Gasteiger partial charge in [0.2, 0.25) is 0 Å². The Morgan fingerprint density at radius 2 is 1.77 bits per heavy atom. The van der Waals surface area contributed by atoms with E-state index >= 15 is 0 Å². The average molecular weight is 425 g/mol. The van der Waals surface area contributed by atoms with Gasteiger partial charge in [-0.2, -0.15) is 10.1 Å². The highest BCUT2D eigenvalue weighted by molar-refractivity contribution is 6.33. The minimum absolute atomic E-state index is 0.0279. The zero-order valence-corrected chi connectivity index (χ0v) is 16.5. The number of benzene rings is 1. The summed E-state index contributed by atoms with van der Waals surface area (Å²) in [6.45, 7) is 0. The number of hydrogen-bond acceptors (Lipinski definition) is 5. The summed E-state index contributed by atoms with van der Waals surface area (Å²) in [5.74, 6) is -1.28. The molecule has 1 N–H and O–H groups in total. The van der Waals surface area contributed by atoms with Gasteiger partial charge in [-0.1, -0.05) is 23.8 Å². The summed E-state index contributed by atoms with van der Waals surface area (Å²) in [6, 6.07) is 7.86. The Balaban J connectivity index is 1.37. The molecule has 2 fully saturated rings. The van der Waals surface area contributed by atoms with Gasteiger partial charge in [-0.25, -0.2) is 4.79 Å². The third-order valence-corrected chi connectivity index (χ3v) is 6.47.